The van der Waals surface area contributed by atoms with E-state index in [9.17, 15) is 13.2 Å². The summed E-state index contributed by atoms with van der Waals surface area (Å²) in [6.45, 7) is 12.5. The second-order valence-corrected chi connectivity index (χ2v) is 13.4. The Morgan fingerprint density at radius 2 is 1.57 bits per heavy atom. The molecule has 0 unspecified atom stereocenters. The van der Waals surface area contributed by atoms with E-state index < -0.39 is 10.0 Å². The molecular formula is C39H38N4O5S. The van der Waals surface area contributed by atoms with Gasteiger partial charge in [-0.15, -0.1) is 0 Å². The fraction of sp³-hybridized carbons (Fsp3) is 0.205. The fourth-order valence-corrected chi connectivity index (χ4v) is 5.95. The monoisotopic (exact) mass is 674 g/mol. The topological polar surface area (TPSA) is 102 Å². The SMILES string of the molecule is [C-]#[N+]c1ccc(CN(Cc2ccc(Oc3cc(OCCc4cccnc4)cc(C(=O)CC)c3)cc2)c2cccc(NS(C)(=O)=O)c2C)cc1. The van der Waals surface area contributed by atoms with Gasteiger partial charge in [-0.3, -0.25) is 14.5 Å². The molecule has 0 fully saturated rings. The zero-order valence-electron chi connectivity index (χ0n) is 27.7. The predicted molar refractivity (Wildman–Crippen MR) is 193 cm³/mol. The van der Waals surface area contributed by atoms with E-state index in [0.717, 1.165) is 34.2 Å². The summed E-state index contributed by atoms with van der Waals surface area (Å²) in [5, 5.41) is 0. The van der Waals surface area contributed by atoms with Crippen molar-refractivity contribution in [3.63, 3.8) is 0 Å². The highest BCUT2D eigenvalue weighted by Crippen LogP contribution is 2.32. The van der Waals surface area contributed by atoms with Crippen LogP contribution in [-0.4, -0.2) is 32.0 Å². The Bertz CT molecular complexity index is 2040. The number of hydrogen-bond acceptors (Lipinski definition) is 7. The van der Waals surface area contributed by atoms with Crippen molar-refractivity contribution in [2.45, 2.75) is 39.8 Å². The van der Waals surface area contributed by atoms with Crippen LogP contribution in [0.3, 0.4) is 0 Å². The number of anilines is 2. The van der Waals surface area contributed by atoms with E-state index in [4.69, 9.17) is 16.0 Å². The Morgan fingerprint density at radius 1 is 0.878 bits per heavy atom. The van der Waals surface area contributed by atoms with Gasteiger partial charge >= 0.3 is 0 Å². The minimum atomic E-state index is -3.47. The van der Waals surface area contributed by atoms with Gasteiger partial charge in [0.25, 0.3) is 0 Å². The molecule has 4 aromatic carbocycles. The van der Waals surface area contributed by atoms with Gasteiger partial charge in [-0.1, -0.05) is 55.5 Å². The zero-order chi connectivity index (χ0) is 34.8. The summed E-state index contributed by atoms with van der Waals surface area (Å²) in [7, 11) is -3.47. The number of nitrogens with one attached hydrogen (secondary N) is 1. The maximum absolute atomic E-state index is 12.6. The normalized spacial score (nSPS) is 11.0. The van der Waals surface area contributed by atoms with E-state index in [-0.39, 0.29) is 5.78 Å². The Balaban J connectivity index is 1.35. The van der Waals surface area contributed by atoms with Crippen molar-refractivity contribution in [1.82, 2.24) is 4.98 Å². The average Bonchev–Trinajstić information content (AvgIpc) is 3.09. The van der Waals surface area contributed by atoms with Crippen LogP contribution in [0.4, 0.5) is 17.1 Å². The lowest BCUT2D eigenvalue weighted by Crippen LogP contribution is -2.23. The molecule has 0 radical (unpaired) electrons. The number of Topliss-reactive ketones (excluding diaryl/α,β-unsaturated/α-hetero) is 1. The van der Waals surface area contributed by atoms with Gasteiger partial charge in [0, 0.05) is 55.6 Å². The van der Waals surface area contributed by atoms with Crippen molar-refractivity contribution in [2.24, 2.45) is 0 Å². The smallest absolute Gasteiger partial charge is 0.229 e. The molecule has 1 N–H and O–H groups in total. The van der Waals surface area contributed by atoms with Crippen molar-refractivity contribution < 1.29 is 22.7 Å². The molecule has 0 amide bonds. The average molecular weight is 675 g/mol. The standard InChI is InChI=1S/C39H38N4O5S/c1-5-39(44)32-22-35(47-21-19-29-8-7-20-41-25-29)24-36(23-32)48-34-17-13-31(14-18-34)27-43(26-30-11-15-33(40-3)16-12-30)38-10-6-9-37(28(38)2)42-49(4,45)46/h6-18,20,22-25,42H,5,19,21,26-27H2,1-2,4H3. The van der Waals surface area contributed by atoms with Gasteiger partial charge in [0.2, 0.25) is 10.0 Å². The molecule has 0 aliphatic carbocycles. The quantitative estimate of drug-likeness (QED) is 0.0877. The summed E-state index contributed by atoms with van der Waals surface area (Å²) in [4.78, 5) is 22.4. The van der Waals surface area contributed by atoms with E-state index in [2.05, 4.69) is 19.5 Å². The molecule has 0 aliphatic heterocycles. The maximum atomic E-state index is 12.6. The first kappa shape index (κ1) is 34.7. The number of rotatable bonds is 15. The zero-order valence-corrected chi connectivity index (χ0v) is 28.5. The number of hydrogen-bond donors (Lipinski definition) is 1. The summed E-state index contributed by atoms with van der Waals surface area (Å²) in [6, 6.07) is 29.8. The first-order chi connectivity index (χ1) is 23.6. The number of pyridine rings is 1. The van der Waals surface area contributed by atoms with E-state index in [0.29, 0.717) is 66.7 Å². The lowest BCUT2D eigenvalue weighted by Gasteiger charge is -2.28. The molecule has 1 aromatic heterocycles. The van der Waals surface area contributed by atoms with E-state index in [1.807, 2.05) is 74.5 Å². The third kappa shape index (κ3) is 9.92. The van der Waals surface area contributed by atoms with Crippen LogP contribution in [0.25, 0.3) is 4.85 Å². The molecule has 5 aromatic rings. The molecule has 9 nitrogen and oxygen atoms in total. The van der Waals surface area contributed by atoms with E-state index in [1.54, 1.807) is 48.8 Å². The molecule has 10 heteroatoms. The highest BCUT2D eigenvalue weighted by atomic mass is 32.2. The third-order valence-electron chi connectivity index (χ3n) is 7.82. The molecule has 1 heterocycles. The Hall–Kier alpha value is -5.66. The minimum Gasteiger partial charge on any atom is -0.493 e. The van der Waals surface area contributed by atoms with Crippen LogP contribution >= 0.6 is 0 Å². The summed E-state index contributed by atoms with van der Waals surface area (Å²) in [5.41, 5.74) is 6.34. The predicted octanol–water partition coefficient (Wildman–Crippen LogP) is 8.53. The van der Waals surface area contributed by atoms with Crippen molar-refractivity contribution >= 4 is 32.9 Å². The molecular weight excluding hydrogens is 637 g/mol. The van der Waals surface area contributed by atoms with Gasteiger partial charge < -0.3 is 14.4 Å². The molecule has 0 aliphatic rings. The van der Waals surface area contributed by atoms with Crippen LogP contribution in [0, 0.1) is 13.5 Å². The van der Waals surface area contributed by atoms with Gasteiger partial charge in [0.15, 0.2) is 11.5 Å². The lowest BCUT2D eigenvalue weighted by molar-refractivity contribution is 0.0987. The van der Waals surface area contributed by atoms with Crippen LogP contribution < -0.4 is 19.1 Å². The van der Waals surface area contributed by atoms with Crippen molar-refractivity contribution in [2.75, 3.05) is 22.5 Å². The largest absolute Gasteiger partial charge is 0.493 e. The Morgan fingerprint density at radius 3 is 2.20 bits per heavy atom. The van der Waals surface area contributed by atoms with Crippen LogP contribution in [0.2, 0.25) is 0 Å². The van der Waals surface area contributed by atoms with Crippen molar-refractivity contribution in [1.29, 1.82) is 0 Å². The number of carbonyl (C=O) groups excluding carboxylic acids is 1. The molecule has 0 saturated heterocycles. The number of nitrogens with zero attached hydrogens (tertiary/aromatic N) is 3. The number of sulfonamides is 1. The first-order valence-corrected chi connectivity index (χ1v) is 17.7. The number of carbonyl (C=O) groups is 1. The number of aromatic nitrogens is 1. The molecule has 49 heavy (non-hydrogen) atoms. The molecule has 0 atom stereocenters. The summed E-state index contributed by atoms with van der Waals surface area (Å²) < 4.78 is 38.9. The van der Waals surface area contributed by atoms with Gasteiger partial charge in [-0.05, 0) is 71.6 Å². The lowest BCUT2D eigenvalue weighted by atomic mass is 10.1. The molecule has 0 spiro atoms. The molecule has 0 bridgehead atoms. The van der Waals surface area contributed by atoms with Crippen LogP contribution in [0.1, 0.15) is 46.0 Å². The van der Waals surface area contributed by atoms with E-state index >= 15 is 0 Å². The summed E-state index contributed by atoms with van der Waals surface area (Å²) in [6.07, 6.45) is 5.71. The summed E-state index contributed by atoms with van der Waals surface area (Å²) in [5.74, 6) is 1.65. The third-order valence-corrected chi connectivity index (χ3v) is 8.41. The summed E-state index contributed by atoms with van der Waals surface area (Å²) >= 11 is 0. The van der Waals surface area contributed by atoms with Crippen molar-refractivity contribution in [3.8, 4) is 17.2 Å². The minimum absolute atomic E-state index is 0.00664. The van der Waals surface area contributed by atoms with Gasteiger partial charge in [0.05, 0.1) is 25.1 Å². The fourth-order valence-electron chi connectivity index (χ4n) is 5.33. The van der Waals surface area contributed by atoms with Crippen LogP contribution in [0.15, 0.2) is 109 Å². The number of ether oxygens (including phenoxy) is 2. The number of ketones is 1. The molecule has 250 valence electrons. The van der Waals surface area contributed by atoms with Gasteiger partial charge in [-0.25, -0.2) is 13.3 Å². The van der Waals surface area contributed by atoms with Gasteiger partial charge in [-0.2, -0.15) is 0 Å². The maximum Gasteiger partial charge on any atom is 0.229 e. The van der Waals surface area contributed by atoms with E-state index in [1.165, 1.54) is 0 Å². The Kier molecular flexibility index (Phi) is 11.3. The molecule has 0 saturated carbocycles. The second-order valence-electron chi connectivity index (χ2n) is 11.6. The number of benzene rings is 4. The van der Waals surface area contributed by atoms with Crippen LogP contribution in [0.5, 0.6) is 17.2 Å². The second kappa shape index (κ2) is 16.0. The first-order valence-electron chi connectivity index (χ1n) is 15.9. The highest BCUT2D eigenvalue weighted by molar-refractivity contribution is 7.92. The molecule has 5 rings (SSSR count). The van der Waals surface area contributed by atoms with Gasteiger partial charge in [0.1, 0.15) is 17.2 Å². The van der Waals surface area contributed by atoms with Crippen LogP contribution in [-0.2, 0) is 29.5 Å². The Labute approximate surface area is 288 Å². The highest BCUT2D eigenvalue weighted by Gasteiger charge is 2.16. The van der Waals surface area contributed by atoms with Crippen molar-refractivity contribution in [3.05, 3.63) is 149 Å².